The van der Waals surface area contributed by atoms with Crippen LogP contribution in [0.3, 0.4) is 0 Å². The predicted molar refractivity (Wildman–Crippen MR) is 218 cm³/mol. The van der Waals surface area contributed by atoms with Gasteiger partial charge in [-0.25, -0.2) is 0 Å². The highest BCUT2D eigenvalue weighted by atomic mass is 15.4. The van der Waals surface area contributed by atoms with E-state index in [2.05, 4.69) is 109 Å². The standard InChI is InChI=1S/C42H82N8/c1-13-16-19-21-23-25-28-49(34-30-39(4,5)47-40(6,7)31-34)37-44-36(43-27-18-15-3)45-38(46-37)50(29-26-24-22-20-17-14-2)35-32-41(8,9)48(12)42(10,11)33-35/h34-35,47H,13-33H2,1-12H3,(H,43,44,45,46). The van der Waals surface area contributed by atoms with Crippen LogP contribution < -0.4 is 20.4 Å². The maximum Gasteiger partial charge on any atom is 0.232 e. The van der Waals surface area contributed by atoms with Gasteiger partial charge in [0.15, 0.2) is 0 Å². The zero-order valence-corrected chi connectivity index (χ0v) is 35.2. The topological polar surface area (TPSA) is 72.5 Å². The van der Waals surface area contributed by atoms with Crippen LogP contribution >= 0.6 is 0 Å². The first-order chi connectivity index (χ1) is 23.5. The number of anilines is 3. The summed E-state index contributed by atoms with van der Waals surface area (Å²) >= 11 is 0. The van der Waals surface area contributed by atoms with Crippen molar-refractivity contribution in [2.45, 2.75) is 226 Å². The van der Waals surface area contributed by atoms with Gasteiger partial charge in [-0.2, -0.15) is 15.0 Å². The van der Waals surface area contributed by atoms with E-state index in [4.69, 9.17) is 15.0 Å². The zero-order valence-electron chi connectivity index (χ0n) is 35.2. The summed E-state index contributed by atoms with van der Waals surface area (Å²) in [7, 11) is 2.31. The Balaban J connectivity index is 2.07. The van der Waals surface area contributed by atoms with E-state index in [1.807, 2.05) is 0 Å². The number of hydrogen-bond donors (Lipinski definition) is 2. The highest BCUT2D eigenvalue weighted by Crippen LogP contribution is 2.40. The minimum atomic E-state index is 0.0406. The molecule has 50 heavy (non-hydrogen) atoms. The molecule has 0 radical (unpaired) electrons. The van der Waals surface area contributed by atoms with Gasteiger partial charge in [0.1, 0.15) is 0 Å². The quantitative estimate of drug-likeness (QED) is 0.116. The van der Waals surface area contributed by atoms with Crippen LogP contribution in [-0.2, 0) is 0 Å². The summed E-state index contributed by atoms with van der Waals surface area (Å²) in [5.74, 6) is 2.50. The van der Waals surface area contributed by atoms with E-state index >= 15 is 0 Å². The maximum atomic E-state index is 5.54. The van der Waals surface area contributed by atoms with E-state index in [1.54, 1.807) is 0 Å². The summed E-state index contributed by atoms with van der Waals surface area (Å²) in [5, 5.41) is 7.59. The fraction of sp³-hybridized carbons (Fsp3) is 0.929. The lowest BCUT2D eigenvalue weighted by atomic mass is 9.77. The normalized spacial score (nSPS) is 20.6. The van der Waals surface area contributed by atoms with Crippen molar-refractivity contribution in [2.24, 2.45) is 0 Å². The van der Waals surface area contributed by atoms with Crippen molar-refractivity contribution in [2.75, 3.05) is 41.8 Å². The van der Waals surface area contributed by atoms with Crippen LogP contribution in [0, 0.1) is 0 Å². The number of rotatable bonds is 22. The molecular weight excluding hydrogens is 617 g/mol. The molecule has 0 bridgehead atoms. The van der Waals surface area contributed by atoms with Crippen LogP contribution in [0.4, 0.5) is 17.8 Å². The van der Waals surface area contributed by atoms with Crippen molar-refractivity contribution >= 4 is 17.8 Å². The van der Waals surface area contributed by atoms with Crippen molar-refractivity contribution in [3.8, 4) is 0 Å². The lowest BCUT2D eigenvalue weighted by Crippen LogP contribution is -2.63. The Morgan fingerprint density at radius 1 is 0.580 bits per heavy atom. The van der Waals surface area contributed by atoms with E-state index in [9.17, 15) is 0 Å². The Morgan fingerprint density at radius 3 is 1.42 bits per heavy atom. The van der Waals surface area contributed by atoms with Gasteiger partial charge in [0.05, 0.1) is 0 Å². The second-order valence-corrected chi connectivity index (χ2v) is 18.7. The molecule has 8 nitrogen and oxygen atoms in total. The Morgan fingerprint density at radius 2 is 0.980 bits per heavy atom. The van der Waals surface area contributed by atoms with Gasteiger partial charge in [-0.05, 0) is 107 Å². The van der Waals surface area contributed by atoms with E-state index in [1.165, 1.54) is 77.0 Å². The first-order valence-electron chi connectivity index (χ1n) is 21.1. The summed E-state index contributed by atoms with van der Waals surface area (Å²) in [4.78, 5) is 23.9. The average Bonchev–Trinajstić information content (AvgIpc) is 3.01. The molecule has 0 saturated carbocycles. The van der Waals surface area contributed by atoms with Gasteiger partial charge in [-0.15, -0.1) is 0 Å². The molecule has 1 aromatic heterocycles. The van der Waals surface area contributed by atoms with Crippen molar-refractivity contribution in [3.05, 3.63) is 0 Å². The van der Waals surface area contributed by atoms with Gasteiger partial charge in [0.25, 0.3) is 0 Å². The van der Waals surface area contributed by atoms with Gasteiger partial charge in [-0.3, -0.25) is 4.90 Å². The first kappa shape index (κ1) is 42.7. The van der Waals surface area contributed by atoms with Crippen molar-refractivity contribution in [1.29, 1.82) is 0 Å². The molecule has 3 rings (SSSR count). The van der Waals surface area contributed by atoms with Gasteiger partial charge in [-0.1, -0.05) is 91.4 Å². The summed E-state index contributed by atoms with van der Waals surface area (Å²) < 4.78 is 0. The van der Waals surface area contributed by atoms with Crippen LogP contribution in [-0.4, -0.2) is 80.8 Å². The Bertz CT molecular complexity index is 1080. The second-order valence-electron chi connectivity index (χ2n) is 18.7. The third-order valence-electron chi connectivity index (χ3n) is 11.8. The molecule has 2 fully saturated rings. The summed E-state index contributed by atoms with van der Waals surface area (Å²) in [5.41, 5.74) is 0.248. The monoisotopic (exact) mass is 699 g/mol. The van der Waals surface area contributed by atoms with Gasteiger partial charge < -0.3 is 20.4 Å². The van der Waals surface area contributed by atoms with Crippen LogP contribution in [0.25, 0.3) is 0 Å². The molecule has 1 aromatic rings. The van der Waals surface area contributed by atoms with E-state index in [-0.39, 0.29) is 22.2 Å². The molecule has 0 spiro atoms. The van der Waals surface area contributed by atoms with E-state index in [0.29, 0.717) is 12.1 Å². The van der Waals surface area contributed by atoms with Crippen molar-refractivity contribution in [3.63, 3.8) is 0 Å². The molecule has 8 heteroatoms. The molecule has 290 valence electrons. The Labute approximate surface area is 310 Å². The van der Waals surface area contributed by atoms with Gasteiger partial charge >= 0.3 is 0 Å². The fourth-order valence-corrected chi connectivity index (χ4v) is 9.11. The molecule has 2 N–H and O–H groups in total. The number of nitrogens with one attached hydrogen (secondary N) is 2. The molecule has 0 atom stereocenters. The highest BCUT2D eigenvalue weighted by Gasteiger charge is 2.46. The minimum absolute atomic E-state index is 0.0406. The van der Waals surface area contributed by atoms with Crippen LogP contribution in [0.5, 0.6) is 0 Å². The molecule has 2 aliphatic rings. The molecule has 0 aliphatic carbocycles. The number of nitrogens with zero attached hydrogens (tertiary/aromatic N) is 6. The second kappa shape index (κ2) is 19.4. The van der Waals surface area contributed by atoms with Crippen LogP contribution in [0.15, 0.2) is 0 Å². The zero-order chi connectivity index (χ0) is 37.0. The number of unbranched alkanes of at least 4 members (excludes halogenated alkanes) is 11. The minimum Gasteiger partial charge on any atom is -0.354 e. The smallest absolute Gasteiger partial charge is 0.232 e. The third kappa shape index (κ3) is 13.1. The van der Waals surface area contributed by atoms with Crippen molar-refractivity contribution in [1.82, 2.24) is 25.2 Å². The molecule has 3 heterocycles. The molecule has 2 saturated heterocycles. The largest absolute Gasteiger partial charge is 0.354 e. The summed E-state index contributed by atoms with van der Waals surface area (Å²) in [6, 6.07) is 0.734. The SMILES string of the molecule is CCCCCCCCN(c1nc(NCCCC)nc(N(CCCCCCCC)C2CC(C)(C)N(C)C(C)(C)C2)n1)C1CC(C)(C)NC(C)(C)C1. The lowest BCUT2D eigenvalue weighted by molar-refractivity contribution is -0.0129. The van der Waals surface area contributed by atoms with E-state index in [0.717, 1.165) is 76.0 Å². The number of piperidine rings is 2. The summed E-state index contributed by atoms with van der Waals surface area (Å²) in [6.07, 6.45) is 22.0. The lowest BCUT2D eigenvalue weighted by Gasteiger charge is -2.55. The molecule has 0 aromatic carbocycles. The molecular formula is C42H82N8. The van der Waals surface area contributed by atoms with Gasteiger partial charge in [0, 0.05) is 53.9 Å². The average molecular weight is 699 g/mol. The maximum absolute atomic E-state index is 5.54. The molecule has 0 unspecified atom stereocenters. The number of aromatic nitrogens is 3. The third-order valence-corrected chi connectivity index (χ3v) is 11.8. The van der Waals surface area contributed by atoms with Crippen LogP contribution in [0.2, 0.25) is 0 Å². The predicted octanol–water partition coefficient (Wildman–Crippen LogP) is 10.4. The van der Waals surface area contributed by atoms with Crippen molar-refractivity contribution < 1.29 is 0 Å². The van der Waals surface area contributed by atoms with Crippen LogP contribution in [0.1, 0.15) is 192 Å². The Kier molecular flexibility index (Phi) is 16.6. The summed E-state index contributed by atoms with van der Waals surface area (Å²) in [6.45, 7) is 28.9. The number of hydrogen-bond acceptors (Lipinski definition) is 8. The fourth-order valence-electron chi connectivity index (χ4n) is 9.11. The molecule has 0 amide bonds. The van der Waals surface area contributed by atoms with Gasteiger partial charge in [0.2, 0.25) is 17.8 Å². The van der Waals surface area contributed by atoms with E-state index < -0.39 is 0 Å². The molecule has 2 aliphatic heterocycles. The Hall–Kier alpha value is -1.67. The highest BCUT2D eigenvalue weighted by molar-refractivity contribution is 5.47. The number of likely N-dealkylation sites (tertiary alicyclic amines) is 1. The first-order valence-corrected chi connectivity index (χ1v) is 21.1.